The Morgan fingerprint density at radius 1 is 1.38 bits per heavy atom. The van der Waals surface area contributed by atoms with Crippen molar-refractivity contribution in [3.63, 3.8) is 0 Å². The summed E-state index contributed by atoms with van der Waals surface area (Å²) >= 11 is 0. The summed E-state index contributed by atoms with van der Waals surface area (Å²) < 4.78 is 26.5. The lowest BCUT2D eigenvalue weighted by molar-refractivity contribution is -0.138. The van der Waals surface area contributed by atoms with Crippen LogP contribution >= 0.6 is 0 Å². The molecule has 2 N–H and O–H groups in total. The van der Waals surface area contributed by atoms with Crippen LogP contribution in [0.15, 0.2) is 12.1 Å². The summed E-state index contributed by atoms with van der Waals surface area (Å²) in [5, 5.41) is 18.1. The fourth-order valence-corrected chi connectivity index (χ4v) is 1.65. The fourth-order valence-electron chi connectivity index (χ4n) is 1.65. The normalized spacial score (nSPS) is 11.5. The van der Waals surface area contributed by atoms with E-state index < -0.39 is 35.2 Å². The zero-order valence-corrected chi connectivity index (χ0v) is 8.92. The Morgan fingerprint density at radius 2 is 1.94 bits per heavy atom. The number of benzene rings is 1. The Labute approximate surface area is 91.3 Å². The van der Waals surface area contributed by atoms with Crippen molar-refractivity contribution in [3.8, 4) is 5.75 Å². The lowest BCUT2D eigenvalue weighted by Gasteiger charge is -2.24. The molecule has 0 saturated carbocycles. The maximum atomic E-state index is 13.5. The first kappa shape index (κ1) is 12.4. The molecule has 0 atom stereocenters. The first-order valence-electron chi connectivity index (χ1n) is 4.65. The van der Waals surface area contributed by atoms with E-state index in [1.54, 1.807) is 0 Å². The first-order chi connectivity index (χ1) is 7.25. The number of phenolic OH excluding ortho intramolecular Hbond substituents is 1. The second-order valence-electron chi connectivity index (χ2n) is 4.21. The van der Waals surface area contributed by atoms with Crippen LogP contribution in [0.4, 0.5) is 8.78 Å². The summed E-state index contributed by atoms with van der Waals surface area (Å²) in [7, 11) is 0. The van der Waals surface area contributed by atoms with Gasteiger partial charge < -0.3 is 10.2 Å². The number of carboxylic acid groups (broad SMARTS) is 1. The van der Waals surface area contributed by atoms with Crippen LogP contribution < -0.4 is 0 Å². The number of aromatic hydroxyl groups is 1. The van der Waals surface area contributed by atoms with E-state index in [0.29, 0.717) is 0 Å². The van der Waals surface area contributed by atoms with E-state index in [-0.39, 0.29) is 5.56 Å². The Kier molecular flexibility index (Phi) is 3.16. The molecule has 1 aromatic carbocycles. The van der Waals surface area contributed by atoms with Crippen molar-refractivity contribution in [2.24, 2.45) is 0 Å². The smallest absolute Gasteiger partial charge is 0.304 e. The van der Waals surface area contributed by atoms with Crippen LogP contribution in [0.5, 0.6) is 5.75 Å². The van der Waals surface area contributed by atoms with Crippen LogP contribution in [0.25, 0.3) is 0 Å². The SMILES string of the molecule is CC(C)(CC(=O)O)c1c(O)ccc(F)c1F. The first-order valence-corrected chi connectivity index (χ1v) is 4.65. The predicted octanol–water partition coefficient (Wildman–Crippen LogP) is 2.42. The van der Waals surface area contributed by atoms with Crippen LogP contribution in [-0.2, 0) is 10.2 Å². The van der Waals surface area contributed by atoms with Gasteiger partial charge in [0.25, 0.3) is 0 Å². The molecule has 0 aromatic heterocycles. The quantitative estimate of drug-likeness (QED) is 0.838. The molecule has 1 aromatic rings. The third-order valence-corrected chi connectivity index (χ3v) is 2.34. The van der Waals surface area contributed by atoms with Gasteiger partial charge in [0.2, 0.25) is 0 Å². The number of aliphatic carboxylic acids is 1. The molecule has 5 heteroatoms. The van der Waals surface area contributed by atoms with E-state index in [1.807, 2.05) is 0 Å². The number of hydrogen-bond acceptors (Lipinski definition) is 2. The summed E-state index contributed by atoms with van der Waals surface area (Å²) in [6, 6.07) is 1.81. The highest BCUT2D eigenvalue weighted by Crippen LogP contribution is 2.36. The molecule has 0 heterocycles. The molecule has 0 bridgehead atoms. The fraction of sp³-hybridized carbons (Fsp3) is 0.364. The van der Waals surface area contributed by atoms with Gasteiger partial charge in [0.05, 0.1) is 6.42 Å². The number of halogens is 2. The van der Waals surface area contributed by atoms with Gasteiger partial charge in [-0.05, 0) is 12.1 Å². The minimum atomic E-state index is -1.20. The molecular weight excluding hydrogens is 218 g/mol. The number of hydrogen-bond donors (Lipinski definition) is 2. The van der Waals surface area contributed by atoms with E-state index in [9.17, 15) is 18.7 Å². The van der Waals surface area contributed by atoms with Gasteiger partial charge in [0.15, 0.2) is 11.6 Å². The van der Waals surface area contributed by atoms with Gasteiger partial charge in [-0.1, -0.05) is 13.8 Å². The molecule has 16 heavy (non-hydrogen) atoms. The summed E-state index contributed by atoms with van der Waals surface area (Å²) in [6.07, 6.45) is -0.402. The lowest BCUT2D eigenvalue weighted by Crippen LogP contribution is -2.23. The number of carbonyl (C=O) groups is 1. The average Bonchev–Trinajstić information content (AvgIpc) is 2.09. The zero-order chi connectivity index (χ0) is 12.5. The zero-order valence-electron chi connectivity index (χ0n) is 8.92. The van der Waals surface area contributed by atoms with Crippen LogP contribution in [0, 0.1) is 11.6 Å². The number of rotatable bonds is 3. The van der Waals surface area contributed by atoms with Gasteiger partial charge in [-0.15, -0.1) is 0 Å². The molecule has 0 spiro atoms. The molecule has 0 aliphatic carbocycles. The molecule has 0 saturated heterocycles. The van der Waals surface area contributed by atoms with Gasteiger partial charge in [0, 0.05) is 11.0 Å². The summed E-state index contributed by atoms with van der Waals surface area (Å²) in [5.41, 5.74) is -1.49. The lowest BCUT2D eigenvalue weighted by atomic mass is 9.80. The van der Waals surface area contributed by atoms with E-state index in [4.69, 9.17) is 5.11 Å². The maximum absolute atomic E-state index is 13.5. The second kappa shape index (κ2) is 4.08. The van der Waals surface area contributed by atoms with Crippen molar-refractivity contribution in [1.82, 2.24) is 0 Å². The highest BCUT2D eigenvalue weighted by Gasteiger charge is 2.31. The minimum absolute atomic E-state index is 0.310. The molecule has 1 rings (SSSR count). The highest BCUT2D eigenvalue weighted by atomic mass is 19.2. The number of carboxylic acids is 1. The molecule has 0 amide bonds. The molecule has 0 fully saturated rings. The summed E-state index contributed by atoms with van der Waals surface area (Å²) in [4.78, 5) is 10.6. The molecule has 0 aliphatic heterocycles. The molecule has 0 radical (unpaired) electrons. The van der Waals surface area contributed by atoms with Gasteiger partial charge in [-0.3, -0.25) is 4.79 Å². The van der Waals surface area contributed by atoms with Crippen molar-refractivity contribution >= 4 is 5.97 Å². The van der Waals surface area contributed by atoms with Gasteiger partial charge in [0.1, 0.15) is 5.75 Å². The topological polar surface area (TPSA) is 57.5 Å². The van der Waals surface area contributed by atoms with Gasteiger partial charge >= 0.3 is 5.97 Å². The van der Waals surface area contributed by atoms with Crippen molar-refractivity contribution < 1.29 is 23.8 Å². The monoisotopic (exact) mass is 230 g/mol. The van der Waals surface area contributed by atoms with Crippen molar-refractivity contribution in [2.45, 2.75) is 25.7 Å². The van der Waals surface area contributed by atoms with Crippen molar-refractivity contribution in [3.05, 3.63) is 29.3 Å². The molecule has 0 unspecified atom stereocenters. The number of phenols is 1. The third-order valence-electron chi connectivity index (χ3n) is 2.34. The minimum Gasteiger partial charge on any atom is -0.508 e. The largest absolute Gasteiger partial charge is 0.508 e. The van der Waals surface area contributed by atoms with E-state index >= 15 is 0 Å². The highest BCUT2D eigenvalue weighted by molar-refractivity contribution is 5.69. The standard InChI is InChI=1S/C11H12F2O3/c1-11(2,5-8(15)16)9-7(14)4-3-6(12)10(9)13/h3-4,14H,5H2,1-2H3,(H,15,16). The molecule has 3 nitrogen and oxygen atoms in total. The third kappa shape index (κ3) is 2.29. The Hall–Kier alpha value is -1.65. The summed E-state index contributed by atoms with van der Waals surface area (Å²) in [5.74, 6) is -3.89. The van der Waals surface area contributed by atoms with Crippen LogP contribution in [0.2, 0.25) is 0 Å². The second-order valence-corrected chi connectivity index (χ2v) is 4.21. The van der Waals surface area contributed by atoms with Crippen LogP contribution in [0.3, 0.4) is 0 Å². The Balaban J connectivity index is 3.31. The van der Waals surface area contributed by atoms with E-state index in [0.717, 1.165) is 12.1 Å². The Morgan fingerprint density at radius 3 is 2.44 bits per heavy atom. The van der Waals surface area contributed by atoms with Gasteiger partial charge in [-0.2, -0.15) is 0 Å². The molecule has 0 aliphatic rings. The van der Waals surface area contributed by atoms with E-state index in [2.05, 4.69) is 0 Å². The van der Waals surface area contributed by atoms with Crippen molar-refractivity contribution in [2.75, 3.05) is 0 Å². The van der Waals surface area contributed by atoms with Crippen LogP contribution in [-0.4, -0.2) is 16.2 Å². The maximum Gasteiger partial charge on any atom is 0.304 e. The van der Waals surface area contributed by atoms with Gasteiger partial charge in [-0.25, -0.2) is 8.78 Å². The Bertz CT molecular complexity index is 427. The van der Waals surface area contributed by atoms with E-state index in [1.165, 1.54) is 13.8 Å². The predicted molar refractivity (Wildman–Crippen MR) is 53.3 cm³/mol. The van der Waals surface area contributed by atoms with Crippen molar-refractivity contribution in [1.29, 1.82) is 0 Å². The van der Waals surface area contributed by atoms with Crippen LogP contribution in [0.1, 0.15) is 25.8 Å². The summed E-state index contributed by atoms with van der Waals surface area (Å²) in [6.45, 7) is 2.86. The molecule has 88 valence electrons. The average molecular weight is 230 g/mol. The molecular formula is C11H12F2O3.